The van der Waals surface area contributed by atoms with E-state index in [1.807, 2.05) is 17.8 Å². The van der Waals surface area contributed by atoms with Crippen molar-refractivity contribution in [1.29, 1.82) is 0 Å². The van der Waals surface area contributed by atoms with E-state index in [9.17, 15) is 0 Å². The average molecular weight is 253 g/mol. The molecule has 0 spiro atoms. The zero-order valence-corrected chi connectivity index (χ0v) is 12.3. The van der Waals surface area contributed by atoms with E-state index in [-0.39, 0.29) is 0 Å². The maximum absolute atomic E-state index is 5.25. The van der Waals surface area contributed by atoms with Crippen LogP contribution in [-0.2, 0) is 6.54 Å². The van der Waals surface area contributed by atoms with Crippen molar-refractivity contribution in [2.75, 3.05) is 19.9 Å². The van der Waals surface area contributed by atoms with Crippen molar-refractivity contribution in [3.8, 4) is 5.75 Å². The molecule has 0 radical (unpaired) electrons. The molecule has 0 saturated heterocycles. The minimum absolute atomic E-state index is 0.293. The first kappa shape index (κ1) is 14.4. The molecule has 3 heteroatoms. The predicted molar refractivity (Wildman–Crippen MR) is 77.0 cm³/mol. The molecule has 2 nitrogen and oxygen atoms in total. The van der Waals surface area contributed by atoms with Crippen LogP contribution in [0.25, 0.3) is 0 Å². The molecule has 0 amide bonds. The number of ether oxygens (including phenoxy) is 1. The molecule has 1 N–H and O–H groups in total. The van der Waals surface area contributed by atoms with Gasteiger partial charge in [0.25, 0.3) is 0 Å². The van der Waals surface area contributed by atoms with E-state index in [0.29, 0.717) is 4.75 Å². The van der Waals surface area contributed by atoms with Crippen molar-refractivity contribution < 1.29 is 4.74 Å². The molecular weight excluding hydrogens is 230 g/mol. The Balaban J connectivity index is 2.50. The summed E-state index contributed by atoms with van der Waals surface area (Å²) in [6, 6.07) is 6.33. The van der Waals surface area contributed by atoms with E-state index in [1.54, 1.807) is 7.11 Å². The second kappa shape index (κ2) is 6.31. The fourth-order valence-corrected chi connectivity index (χ4v) is 1.88. The summed E-state index contributed by atoms with van der Waals surface area (Å²) in [6.45, 7) is 8.51. The highest BCUT2D eigenvalue weighted by molar-refractivity contribution is 7.99. The van der Waals surface area contributed by atoms with Crippen LogP contribution in [0.5, 0.6) is 5.75 Å². The van der Waals surface area contributed by atoms with Crippen molar-refractivity contribution in [1.82, 2.24) is 5.32 Å². The molecule has 0 bridgehead atoms. The van der Waals surface area contributed by atoms with Gasteiger partial charge in [0.1, 0.15) is 5.75 Å². The Hall–Kier alpha value is -0.670. The van der Waals surface area contributed by atoms with Gasteiger partial charge in [0, 0.05) is 17.8 Å². The van der Waals surface area contributed by atoms with Gasteiger partial charge in [0.05, 0.1) is 7.11 Å². The van der Waals surface area contributed by atoms with Gasteiger partial charge in [-0.25, -0.2) is 0 Å². The van der Waals surface area contributed by atoms with Gasteiger partial charge in [0.2, 0.25) is 0 Å². The molecular formula is C14H23NOS. The quantitative estimate of drug-likeness (QED) is 0.841. The van der Waals surface area contributed by atoms with Crippen LogP contribution in [0.3, 0.4) is 0 Å². The fourth-order valence-electron chi connectivity index (χ4n) is 1.63. The van der Waals surface area contributed by atoms with Crippen molar-refractivity contribution >= 4 is 11.8 Å². The first-order valence-electron chi connectivity index (χ1n) is 5.88. The molecule has 0 aliphatic carbocycles. The SMILES string of the molecule is COc1ccc(CNCC(C)(C)SC)cc1C. The predicted octanol–water partition coefficient (Wildman–Crippen LogP) is 3.23. The molecule has 1 rings (SSSR count). The highest BCUT2D eigenvalue weighted by Gasteiger charge is 2.14. The second-order valence-electron chi connectivity index (χ2n) is 4.87. The van der Waals surface area contributed by atoms with Gasteiger partial charge in [-0.2, -0.15) is 11.8 Å². The minimum atomic E-state index is 0.293. The molecule has 0 atom stereocenters. The Kier molecular flexibility index (Phi) is 5.34. The normalized spacial score (nSPS) is 11.6. The number of thioether (sulfide) groups is 1. The fraction of sp³-hybridized carbons (Fsp3) is 0.571. The average Bonchev–Trinajstić information content (AvgIpc) is 2.29. The minimum Gasteiger partial charge on any atom is -0.496 e. The summed E-state index contributed by atoms with van der Waals surface area (Å²) in [5.74, 6) is 0.957. The lowest BCUT2D eigenvalue weighted by Gasteiger charge is -2.22. The summed E-state index contributed by atoms with van der Waals surface area (Å²) in [4.78, 5) is 0. The smallest absolute Gasteiger partial charge is 0.121 e. The third-order valence-electron chi connectivity index (χ3n) is 2.89. The van der Waals surface area contributed by atoms with Crippen molar-refractivity contribution in [2.45, 2.75) is 32.1 Å². The van der Waals surface area contributed by atoms with Gasteiger partial charge in [-0.05, 0) is 44.2 Å². The topological polar surface area (TPSA) is 21.3 Å². The number of methoxy groups -OCH3 is 1. The van der Waals surface area contributed by atoms with E-state index in [1.165, 1.54) is 11.1 Å². The lowest BCUT2D eigenvalue weighted by molar-refractivity contribution is 0.411. The molecule has 96 valence electrons. The standard InChI is InChI=1S/C14H23NOS/c1-11-8-12(6-7-13(11)16-4)9-15-10-14(2,3)17-5/h6-8,15H,9-10H2,1-5H3. The summed E-state index contributed by atoms with van der Waals surface area (Å²) >= 11 is 1.89. The summed E-state index contributed by atoms with van der Waals surface area (Å²) < 4.78 is 5.55. The molecule has 0 aliphatic heterocycles. The summed E-state index contributed by atoms with van der Waals surface area (Å²) in [6.07, 6.45) is 2.15. The van der Waals surface area contributed by atoms with Gasteiger partial charge in [0.15, 0.2) is 0 Å². The molecule has 1 aromatic carbocycles. The Labute approximate surface area is 109 Å². The monoisotopic (exact) mass is 253 g/mol. The lowest BCUT2D eigenvalue weighted by atomic mass is 10.1. The first-order valence-corrected chi connectivity index (χ1v) is 7.10. The number of hydrogen-bond acceptors (Lipinski definition) is 3. The molecule has 17 heavy (non-hydrogen) atoms. The summed E-state index contributed by atoms with van der Waals surface area (Å²) in [7, 11) is 1.71. The van der Waals surface area contributed by atoms with Crippen LogP contribution < -0.4 is 10.1 Å². The molecule has 0 heterocycles. The maximum Gasteiger partial charge on any atom is 0.121 e. The maximum atomic E-state index is 5.25. The van der Waals surface area contributed by atoms with Gasteiger partial charge in [-0.3, -0.25) is 0 Å². The highest BCUT2D eigenvalue weighted by atomic mass is 32.2. The van der Waals surface area contributed by atoms with Crippen LogP contribution in [0.15, 0.2) is 18.2 Å². The summed E-state index contributed by atoms with van der Waals surface area (Å²) in [5, 5.41) is 3.50. The molecule has 1 aromatic rings. The van der Waals surface area contributed by atoms with Crippen LogP contribution >= 0.6 is 11.8 Å². The summed E-state index contributed by atoms with van der Waals surface area (Å²) in [5.41, 5.74) is 2.50. The van der Waals surface area contributed by atoms with Crippen LogP contribution in [0.2, 0.25) is 0 Å². The van der Waals surface area contributed by atoms with Crippen LogP contribution in [0.1, 0.15) is 25.0 Å². The molecule has 0 aliphatic rings. The third-order valence-corrected chi connectivity index (χ3v) is 4.14. The van der Waals surface area contributed by atoms with Crippen molar-refractivity contribution in [3.05, 3.63) is 29.3 Å². The van der Waals surface area contributed by atoms with Gasteiger partial charge in [-0.1, -0.05) is 12.1 Å². The van der Waals surface area contributed by atoms with Crippen molar-refractivity contribution in [2.24, 2.45) is 0 Å². The van der Waals surface area contributed by atoms with Crippen LogP contribution in [0.4, 0.5) is 0 Å². The number of benzene rings is 1. The van der Waals surface area contributed by atoms with E-state index in [4.69, 9.17) is 4.74 Å². The Morgan fingerprint density at radius 2 is 2.06 bits per heavy atom. The van der Waals surface area contributed by atoms with Crippen LogP contribution in [0, 0.1) is 6.92 Å². The van der Waals surface area contributed by atoms with Crippen LogP contribution in [-0.4, -0.2) is 24.7 Å². The zero-order chi connectivity index (χ0) is 12.9. The Morgan fingerprint density at radius 3 is 2.59 bits per heavy atom. The first-order chi connectivity index (χ1) is 7.98. The van der Waals surface area contributed by atoms with E-state index in [2.05, 4.69) is 44.5 Å². The van der Waals surface area contributed by atoms with E-state index >= 15 is 0 Å². The molecule has 0 saturated carbocycles. The van der Waals surface area contributed by atoms with Gasteiger partial charge >= 0.3 is 0 Å². The van der Waals surface area contributed by atoms with Gasteiger partial charge in [-0.15, -0.1) is 0 Å². The number of rotatable bonds is 6. The van der Waals surface area contributed by atoms with Crippen molar-refractivity contribution in [3.63, 3.8) is 0 Å². The highest BCUT2D eigenvalue weighted by Crippen LogP contribution is 2.21. The molecule has 0 fully saturated rings. The second-order valence-corrected chi connectivity index (χ2v) is 6.38. The number of aryl methyl sites for hydroxylation is 1. The lowest BCUT2D eigenvalue weighted by Crippen LogP contribution is -2.31. The number of nitrogens with one attached hydrogen (secondary N) is 1. The Bertz CT molecular complexity index is 363. The number of hydrogen-bond donors (Lipinski definition) is 1. The van der Waals surface area contributed by atoms with E-state index in [0.717, 1.165) is 18.8 Å². The van der Waals surface area contributed by atoms with Gasteiger partial charge < -0.3 is 10.1 Å². The molecule has 0 aromatic heterocycles. The largest absolute Gasteiger partial charge is 0.496 e. The zero-order valence-electron chi connectivity index (χ0n) is 11.5. The Morgan fingerprint density at radius 1 is 1.35 bits per heavy atom. The molecule has 0 unspecified atom stereocenters. The van der Waals surface area contributed by atoms with E-state index < -0.39 is 0 Å². The third kappa shape index (κ3) is 4.60.